The van der Waals surface area contributed by atoms with Gasteiger partial charge in [0.05, 0.1) is 18.0 Å². The lowest BCUT2D eigenvalue weighted by molar-refractivity contribution is -0.127. The number of rotatable bonds is 5. The second kappa shape index (κ2) is 4.77. The van der Waals surface area contributed by atoms with E-state index < -0.39 is 0 Å². The predicted octanol–water partition coefficient (Wildman–Crippen LogP) is 1.57. The van der Waals surface area contributed by atoms with E-state index in [1.807, 2.05) is 30.8 Å². The van der Waals surface area contributed by atoms with Crippen molar-refractivity contribution in [2.24, 2.45) is 5.41 Å². The van der Waals surface area contributed by atoms with Crippen LogP contribution in [0.4, 0.5) is 0 Å². The lowest BCUT2D eigenvalue weighted by atomic mass is 10.1. The van der Waals surface area contributed by atoms with Gasteiger partial charge in [-0.15, -0.1) is 0 Å². The Labute approximate surface area is 117 Å². The Bertz CT molecular complexity index is 597. The van der Waals surface area contributed by atoms with Crippen molar-refractivity contribution in [3.8, 4) is 0 Å². The first kappa shape index (κ1) is 12.9. The Balaban J connectivity index is 1.64. The Morgan fingerprint density at radius 1 is 1.60 bits per heavy atom. The number of amides is 1. The third-order valence-electron chi connectivity index (χ3n) is 3.84. The van der Waals surface area contributed by atoms with Gasteiger partial charge in [-0.25, -0.2) is 4.98 Å². The maximum atomic E-state index is 12.5. The highest BCUT2D eigenvalue weighted by Gasteiger charge is 2.50. The standard InChI is InChI=1S/C14H19N5O/c1-10-8-15-12(17-10)11(2)18-13(20)14(4-5-14)9-19-7-3-6-16-19/h3,6-8,11H,4-5,9H2,1-2H3,(H,15,17)(H,18,20)/t11-/m0/s1. The van der Waals surface area contributed by atoms with E-state index in [0.29, 0.717) is 6.54 Å². The number of aromatic amines is 1. The van der Waals surface area contributed by atoms with Crippen molar-refractivity contribution in [2.45, 2.75) is 39.3 Å². The molecule has 2 heterocycles. The highest BCUT2D eigenvalue weighted by atomic mass is 16.2. The van der Waals surface area contributed by atoms with Crippen LogP contribution in [0, 0.1) is 12.3 Å². The number of imidazole rings is 1. The van der Waals surface area contributed by atoms with Gasteiger partial charge in [0.1, 0.15) is 5.82 Å². The fourth-order valence-corrected chi connectivity index (χ4v) is 2.38. The molecule has 0 unspecified atom stereocenters. The number of hydrogen-bond acceptors (Lipinski definition) is 3. The molecule has 0 aliphatic heterocycles. The van der Waals surface area contributed by atoms with E-state index >= 15 is 0 Å². The monoisotopic (exact) mass is 273 g/mol. The van der Waals surface area contributed by atoms with E-state index in [9.17, 15) is 4.79 Å². The largest absolute Gasteiger partial charge is 0.346 e. The quantitative estimate of drug-likeness (QED) is 0.868. The molecule has 1 aliphatic rings. The minimum Gasteiger partial charge on any atom is -0.346 e. The van der Waals surface area contributed by atoms with Gasteiger partial charge in [0.25, 0.3) is 0 Å². The molecule has 0 saturated heterocycles. The van der Waals surface area contributed by atoms with Gasteiger partial charge in [0.2, 0.25) is 5.91 Å². The van der Waals surface area contributed by atoms with Crippen molar-refractivity contribution in [2.75, 3.05) is 0 Å². The van der Waals surface area contributed by atoms with Crippen LogP contribution < -0.4 is 5.32 Å². The number of nitrogens with zero attached hydrogens (tertiary/aromatic N) is 3. The fourth-order valence-electron chi connectivity index (χ4n) is 2.38. The van der Waals surface area contributed by atoms with Crippen molar-refractivity contribution in [3.63, 3.8) is 0 Å². The predicted molar refractivity (Wildman–Crippen MR) is 73.8 cm³/mol. The fraction of sp³-hybridized carbons (Fsp3) is 0.500. The summed E-state index contributed by atoms with van der Waals surface area (Å²) < 4.78 is 1.83. The zero-order chi connectivity index (χ0) is 14.2. The summed E-state index contributed by atoms with van der Waals surface area (Å²) in [6, 6.07) is 1.77. The molecule has 1 amide bonds. The second-order valence-electron chi connectivity index (χ2n) is 5.63. The van der Waals surface area contributed by atoms with Gasteiger partial charge >= 0.3 is 0 Å². The lowest BCUT2D eigenvalue weighted by Crippen LogP contribution is -2.36. The average Bonchev–Trinajstić information content (AvgIpc) is 2.83. The summed E-state index contributed by atoms with van der Waals surface area (Å²) in [6.07, 6.45) is 7.24. The van der Waals surface area contributed by atoms with Crippen molar-refractivity contribution < 1.29 is 4.79 Å². The van der Waals surface area contributed by atoms with Gasteiger partial charge in [-0.05, 0) is 32.8 Å². The molecule has 0 radical (unpaired) electrons. The molecule has 6 nitrogen and oxygen atoms in total. The number of aryl methyl sites for hydroxylation is 1. The molecule has 106 valence electrons. The number of aromatic nitrogens is 4. The molecule has 2 aromatic heterocycles. The molecule has 1 aliphatic carbocycles. The Hall–Kier alpha value is -2.11. The summed E-state index contributed by atoms with van der Waals surface area (Å²) in [5, 5.41) is 7.23. The summed E-state index contributed by atoms with van der Waals surface area (Å²) in [5.41, 5.74) is 0.709. The van der Waals surface area contributed by atoms with E-state index in [1.165, 1.54) is 0 Å². The van der Waals surface area contributed by atoms with Gasteiger partial charge in [0.15, 0.2) is 0 Å². The molecule has 6 heteroatoms. The zero-order valence-electron chi connectivity index (χ0n) is 11.8. The number of carbonyl (C=O) groups is 1. The van der Waals surface area contributed by atoms with Gasteiger partial charge in [-0.2, -0.15) is 5.10 Å². The topological polar surface area (TPSA) is 75.6 Å². The highest BCUT2D eigenvalue weighted by molar-refractivity contribution is 5.85. The maximum Gasteiger partial charge on any atom is 0.228 e. The minimum absolute atomic E-state index is 0.0922. The molecule has 2 aromatic rings. The van der Waals surface area contributed by atoms with Crippen LogP contribution in [0.2, 0.25) is 0 Å². The molecule has 1 saturated carbocycles. The van der Waals surface area contributed by atoms with E-state index in [2.05, 4.69) is 20.4 Å². The summed E-state index contributed by atoms with van der Waals surface area (Å²) >= 11 is 0. The number of H-pyrrole nitrogens is 1. The third-order valence-corrected chi connectivity index (χ3v) is 3.84. The number of carbonyl (C=O) groups excluding carboxylic acids is 1. The second-order valence-corrected chi connectivity index (χ2v) is 5.63. The molecular formula is C14H19N5O. The summed E-state index contributed by atoms with van der Waals surface area (Å²) in [6.45, 7) is 4.54. The van der Waals surface area contributed by atoms with E-state index in [0.717, 1.165) is 24.4 Å². The van der Waals surface area contributed by atoms with Crippen LogP contribution >= 0.6 is 0 Å². The van der Waals surface area contributed by atoms with Crippen LogP contribution in [0.25, 0.3) is 0 Å². The third kappa shape index (κ3) is 2.45. The molecule has 0 spiro atoms. The van der Waals surface area contributed by atoms with E-state index in [4.69, 9.17) is 0 Å². The van der Waals surface area contributed by atoms with E-state index in [-0.39, 0.29) is 17.4 Å². The summed E-state index contributed by atoms with van der Waals surface area (Å²) in [4.78, 5) is 19.9. The van der Waals surface area contributed by atoms with Crippen molar-refractivity contribution in [3.05, 3.63) is 36.2 Å². The highest BCUT2D eigenvalue weighted by Crippen LogP contribution is 2.47. The van der Waals surface area contributed by atoms with Crippen LogP contribution in [-0.2, 0) is 11.3 Å². The van der Waals surface area contributed by atoms with Crippen molar-refractivity contribution in [1.29, 1.82) is 0 Å². The first-order chi connectivity index (χ1) is 9.59. The Kier molecular flexibility index (Phi) is 3.08. The molecule has 20 heavy (non-hydrogen) atoms. The smallest absolute Gasteiger partial charge is 0.228 e. The molecule has 0 bridgehead atoms. The number of nitrogens with one attached hydrogen (secondary N) is 2. The molecular weight excluding hydrogens is 254 g/mol. The van der Waals surface area contributed by atoms with Crippen LogP contribution in [0.15, 0.2) is 24.7 Å². The first-order valence-corrected chi connectivity index (χ1v) is 6.89. The van der Waals surface area contributed by atoms with Gasteiger partial charge in [-0.3, -0.25) is 9.48 Å². The molecule has 1 fully saturated rings. The van der Waals surface area contributed by atoms with Crippen LogP contribution in [0.1, 0.15) is 37.3 Å². The molecule has 3 rings (SSSR count). The van der Waals surface area contributed by atoms with Gasteiger partial charge in [0, 0.05) is 24.3 Å². The minimum atomic E-state index is -0.290. The Morgan fingerprint density at radius 2 is 2.40 bits per heavy atom. The molecule has 2 N–H and O–H groups in total. The van der Waals surface area contributed by atoms with Gasteiger partial charge < -0.3 is 10.3 Å². The maximum absolute atomic E-state index is 12.5. The SMILES string of the molecule is Cc1cnc([C@H](C)NC(=O)C2(Cn3cccn3)CC2)[nH]1. The first-order valence-electron chi connectivity index (χ1n) is 6.89. The van der Waals surface area contributed by atoms with Crippen LogP contribution in [-0.4, -0.2) is 25.7 Å². The van der Waals surface area contributed by atoms with Crippen molar-refractivity contribution in [1.82, 2.24) is 25.1 Å². The average molecular weight is 273 g/mol. The van der Waals surface area contributed by atoms with Crippen molar-refractivity contribution >= 4 is 5.91 Å². The van der Waals surface area contributed by atoms with Gasteiger partial charge in [-0.1, -0.05) is 0 Å². The lowest BCUT2D eigenvalue weighted by Gasteiger charge is -2.18. The Morgan fingerprint density at radius 3 is 2.95 bits per heavy atom. The summed E-state index contributed by atoms with van der Waals surface area (Å²) in [5.74, 6) is 0.889. The molecule has 0 aromatic carbocycles. The van der Waals surface area contributed by atoms with Crippen LogP contribution in [0.5, 0.6) is 0 Å². The van der Waals surface area contributed by atoms with E-state index in [1.54, 1.807) is 12.4 Å². The van der Waals surface area contributed by atoms with Crippen LogP contribution in [0.3, 0.4) is 0 Å². The summed E-state index contributed by atoms with van der Waals surface area (Å²) in [7, 11) is 0. The normalized spacial score (nSPS) is 17.7. The molecule has 1 atom stereocenters. The number of hydrogen-bond donors (Lipinski definition) is 2. The zero-order valence-corrected chi connectivity index (χ0v) is 11.8.